The third kappa shape index (κ3) is 2.74. The number of benzene rings is 2. The Bertz CT molecular complexity index is 1170. The molecule has 2 aromatic carbocycles. The van der Waals surface area contributed by atoms with E-state index >= 15 is 0 Å². The molecule has 4 nitrogen and oxygen atoms in total. The summed E-state index contributed by atoms with van der Waals surface area (Å²) in [4.78, 5) is 2.65. The van der Waals surface area contributed by atoms with Gasteiger partial charge in [0, 0.05) is 35.9 Å². The minimum atomic E-state index is -0.351. The summed E-state index contributed by atoms with van der Waals surface area (Å²) < 4.78 is 16.1. The fourth-order valence-corrected chi connectivity index (χ4v) is 7.54. The Balaban J connectivity index is 1.68. The minimum Gasteiger partial charge on any atom is -0.508 e. The van der Waals surface area contributed by atoms with Crippen LogP contribution in [-0.2, 0) is 11.8 Å². The molecule has 168 valence electrons. The lowest BCUT2D eigenvalue weighted by atomic mass is 9.56. The first kappa shape index (κ1) is 20.3. The molecule has 5 atom stereocenters. The average Bonchev–Trinajstić information content (AvgIpc) is 3.07. The van der Waals surface area contributed by atoms with Gasteiger partial charge in [-0.25, -0.2) is 4.39 Å². The molecule has 1 aliphatic carbocycles. The fourth-order valence-electron chi connectivity index (χ4n) is 7.54. The topological polar surface area (TPSA) is 48.6 Å². The van der Waals surface area contributed by atoms with Crippen LogP contribution >= 0.6 is 0 Å². The van der Waals surface area contributed by atoms with Crippen LogP contribution in [0.3, 0.4) is 0 Å². The van der Waals surface area contributed by atoms with Crippen molar-refractivity contribution in [2.75, 3.05) is 19.7 Å². The van der Waals surface area contributed by atoms with Gasteiger partial charge in [-0.3, -0.25) is 4.90 Å². The van der Waals surface area contributed by atoms with Crippen LogP contribution in [0.1, 0.15) is 43.9 Å². The highest BCUT2D eigenvalue weighted by Gasteiger charge is 2.58. The summed E-state index contributed by atoms with van der Waals surface area (Å²) in [6.45, 7) is 4.48. The zero-order chi connectivity index (χ0) is 22.0. The second kappa shape index (κ2) is 7.32. The number of phenols is 1. The van der Waals surface area contributed by atoms with Crippen molar-refractivity contribution in [2.24, 2.45) is 11.8 Å². The molecule has 4 bridgehead atoms. The third-order valence-corrected chi connectivity index (χ3v) is 8.39. The zero-order valence-electron chi connectivity index (χ0n) is 18.6. The lowest BCUT2D eigenvalue weighted by molar-refractivity contribution is -0.0795. The second-order valence-corrected chi connectivity index (χ2v) is 10.2. The maximum absolute atomic E-state index is 13.8. The molecule has 3 fully saturated rings. The lowest BCUT2D eigenvalue weighted by Gasteiger charge is -2.59. The van der Waals surface area contributed by atoms with E-state index in [1.165, 1.54) is 36.2 Å². The van der Waals surface area contributed by atoms with Gasteiger partial charge in [0.2, 0.25) is 0 Å². The number of nitrogens with zero attached hydrogens (tertiary/aromatic N) is 2. The number of rotatable bonds is 4. The van der Waals surface area contributed by atoms with E-state index in [9.17, 15) is 14.6 Å². The Morgan fingerprint density at radius 1 is 1.16 bits per heavy atom. The normalized spacial score (nSPS) is 31.0. The molecule has 5 heteroatoms. The van der Waals surface area contributed by atoms with Crippen molar-refractivity contribution in [3.8, 4) is 11.4 Å². The van der Waals surface area contributed by atoms with Gasteiger partial charge in [-0.2, -0.15) is 0 Å². The van der Waals surface area contributed by atoms with E-state index in [-0.39, 0.29) is 23.6 Å². The molecule has 0 amide bonds. The van der Waals surface area contributed by atoms with Crippen LogP contribution in [0, 0.1) is 17.7 Å². The number of halogens is 1. The predicted molar refractivity (Wildman–Crippen MR) is 124 cm³/mol. The van der Waals surface area contributed by atoms with Crippen LogP contribution in [0.25, 0.3) is 16.6 Å². The van der Waals surface area contributed by atoms with Crippen LogP contribution in [0.15, 0.2) is 42.5 Å². The number of hydrogen-bond acceptors (Lipinski definition) is 3. The summed E-state index contributed by atoms with van der Waals surface area (Å²) in [6, 6.07) is 12.6. The van der Waals surface area contributed by atoms with Crippen molar-refractivity contribution >= 4 is 10.9 Å². The number of piperidine rings is 2. The molecule has 1 saturated carbocycles. The Labute approximate surface area is 188 Å². The predicted octanol–water partition coefficient (Wildman–Crippen LogP) is 4.77. The van der Waals surface area contributed by atoms with Crippen LogP contribution in [0.4, 0.5) is 4.39 Å². The van der Waals surface area contributed by atoms with E-state index in [1.54, 1.807) is 6.07 Å². The largest absolute Gasteiger partial charge is 0.508 e. The van der Waals surface area contributed by atoms with Gasteiger partial charge in [-0.15, -0.1) is 0 Å². The van der Waals surface area contributed by atoms with Gasteiger partial charge in [-0.1, -0.05) is 13.3 Å². The standard InChI is InChI=1S/C27H31FN2O2/c1-2-3-18-12-17-14-27(16-31)25(18)29(15-17)11-10-22-23-13-21(32)8-9-24(23)30(26(22)27)20-6-4-19(28)5-7-20/h4-9,13,17-18,25,31-32H,2-3,10-12,14-16H2,1H3. The molecular weight excluding hydrogens is 403 g/mol. The Kier molecular flexibility index (Phi) is 4.63. The van der Waals surface area contributed by atoms with Crippen molar-refractivity contribution in [2.45, 2.75) is 50.5 Å². The first-order chi connectivity index (χ1) is 15.6. The third-order valence-electron chi connectivity index (χ3n) is 8.39. The zero-order valence-corrected chi connectivity index (χ0v) is 18.6. The number of aliphatic hydroxyl groups is 1. The maximum Gasteiger partial charge on any atom is 0.123 e. The van der Waals surface area contributed by atoms with E-state index in [0.717, 1.165) is 48.9 Å². The van der Waals surface area contributed by atoms with Crippen LogP contribution < -0.4 is 0 Å². The summed E-state index contributed by atoms with van der Waals surface area (Å²) in [7, 11) is 0. The number of aromatic nitrogens is 1. The quantitative estimate of drug-likeness (QED) is 0.622. The first-order valence-electron chi connectivity index (χ1n) is 12.0. The van der Waals surface area contributed by atoms with E-state index < -0.39 is 0 Å². The van der Waals surface area contributed by atoms with Crippen molar-refractivity contribution in [3.63, 3.8) is 0 Å². The van der Waals surface area contributed by atoms with Crippen LogP contribution in [0.5, 0.6) is 5.75 Å². The minimum absolute atomic E-state index is 0.112. The number of aromatic hydroxyl groups is 1. The molecule has 3 aliphatic heterocycles. The van der Waals surface area contributed by atoms with E-state index in [4.69, 9.17) is 0 Å². The number of aliphatic hydroxyl groups excluding tert-OH is 1. The SMILES string of the molecule is CCCC1CC2CN3CCc4c(n(-c5ccc(F)cc5)c5ccc(O)cc45)C(CO)(C2)C13. The van der Waals surface area contributed by atoms with Gasteiger partial charge in [0.25, 0.3) is 0 Å². The van der Waals surface area contributed by atoms with Gasteiger partial charge >= 0.3 is 0 Å². The number of phenolic OH excluding ortho intramolecular Hbond substituents is 1. The van der Waals surface area contributed by atoms with Crippen molar-refractivity contribution in [3.05, 3.63) is 59.5 Å². The molecule has 0 spiro atoms. The average molecular weight is 435 g/mol. The summed E-state index contributed by atoms with van der Waals surface area (Å²) in [5.74, 6) is 1.17. The van der Waals surface area contributed by atoms with E-state index in [0.29, 0.717) is 17.9 Å². The van der Waals surface area contributed by atoms with Crippen LogP contribution in [0.2, 0.25) is 0 Å². The summed E-state index contributed by atoms with van der Waals surface area (Å²) in [5, 5.41) is 22.5. The van der Waals surface area contributed by atoms with Crippen molar-refractivity contribution < 1.29 is 14.6 Å². The van der Waals surface area contributed by atoms with Gasteiger partial charge < -0.3 is 14.8 Å². The summed E-state index contributed by atoms with van der Waals surface area (Å²) in [5.41, 5.74) is 4.01. The monoisotopic (exact) mass is 434 g/mol. The van der Waals surface area contributed by atoms with Gasteiger partial charge in [-0.05, 0) is 85.5 Å². The van der Waals surface area contributed by atoms with Gasteiger partial charge in [0.1, 0.15) is 11.6 Å². The molecule has 7 rings (SSSR count). The molecule has 4 heterocycles. The lowest BCUT2D eigenvalue weighted by Crippen LogP contribution is -2.66. The summed E-state index contributed by atoms with van der Waals surface area (Å²) >= 11 is 0. The number of fused-ring (bicyclic) bond motifs is 4. The first-order valence-corrected chi connectivity index (χ1v) is 12.0. The van der Waals surface area contributed by atoms with Gasteiger partial charge in [0.05, 0.1) is 17.5 Å². The highest BCUT2D eigenvalue weighted by Crippen LogP contribution is 2.56. The summed E-state index contributed by atoms with van der Waals surface area (Å²) in [6.07, 6.45) is 5.48. The molecule has 5 unspecified atom stereocenters. The molecule has 4 aliphatic rings. The molecule has 3 aromatic rings. The highest BCUT2D eigenvalue weighted by molar-refractivity contribution is 5.89. The Morgan fingerprint density at radius 3 is 2.72 bits per heavy atom. The molecule has 2 saturated heterocycles. The molecule has 2 N–H and O–H groups in total. The molecule has 32 heavy (non-hydrogen) atoms. The fraction of sp³-hybridized carbons (Fsp3) is 0.481. The van der Waals surface area contributed by atoms with Crippen molar-refractivity contribution in [1.82, 2.24) is 9.47 Å². The van der Waals surface area contributed by atoms with E-state index in [2.05, 4.69) is 16.4 Å². The van der Waals surface area contributed by atoms with Crippen molar-refractivity contribution in [1.29, 1.82) is 0 Å². The van der Waals surface area contributed by atoms with Gasteiger partial charge in [0.15, 0.2) is 0 Å². The molecule has 1 aromatic heterocycles. The van der Waals surface area contributed by atoms with E-state index in [1.807, 2.05) is 24.3 Å². The smallest absolute Gasteiger partial charge is 0.123 e. The van der Waals surface area contributed by atoms with Crippen LogP contribution in [-0.4, -0.2) is 45.4 Å². The molecule has 0 radical (unpaired) electrons. The number of hydrogen-bond donors (Lipinski definition) is 2. The highest BCUT2D eigenvalue weighted by atomic mass is 19.1. The Morgan fingerprint density at radius 2 is 1.97 bits per heavy atom. The Hall–Kier alpha value is -2.37. The molecular formula is C27H31FN2O2. The second-order valence-electron chi connectivity index (χ2n) is 10.2. The maximum atomic E-state index is 13.8.